The standard InChI is InChI=1S/C13H16ClN3O3/c14-11-4-1-3-10(15-11)13(20)17-6-2-5-16(7-8-17)9-12(18)19/h1,3-4H,2,5-9H2,(H,18,19). The van der Waals surface area contributed by atoms with Crippen molar-refractivity contribution >= 4 is 23.5 Å². The van der Waals surface area contributed by atoms with E-state index in [1.54, 1.807) is 23.1 Å². The molecule has 0 radical (unpaired) electrons. The Morgan fingerprint density at radius 2 is 2.05 bits per heavy atom. The number of carboxylic acids is 1. The maximum absolute atomic E-state index is 12.3. The third-order valence-electron chi connectivity index (χ3n) is 3.17. The van der Waals surface area contributed by atoms with Gasteiger partial charge in [0.25, 0.3) is 5.91 Å². The number of aromatic nitrogens is 1. The third-order valence-corrected chi connectivity index (χ3v) is 3.38. The van der Waals surface area contributed by atoms with Crippen LogP contribution in [0.25, 0.3) is 0 Å². The molecule has 20 heavy (non-hydrogen) atoms. The van der Waals surface area contributed by atoms with Gasteiger partial charge in [0.15, 0.2) is 0 Å². The fourth-order valence-corrected chi connectivity index (χ4v) is 2.38. The highest BCUT2D eigenvalue weighted by atomic mass is 35.5. The van der Waals surface area contributed by atoms with Crippen molar-refractivity contribution in [3.63, 3.8) is 0 Å². The average molecular weight is 298 g/mol. The second kappa shape index (κ2) is 6.67. The third kappa shape index (κ3) is 3.91. The zero-order valence-electron chi connectivity index (χ0n) is 11.0. The van der Waals surface area contributed by atoms with Crippen molar-refractivity contribution in [3.05, 3.63) is 29.0 Å². The Balaban J connectivity index is 1.99. The molecule has 1 amide bonds. The summed E-state index contributed by atoms with van der Waals surface area (Å²) in [6.07, 6.45) is 0.750. The van der Waals surface area contributed by atoms with Crippen molar-refractivity contribution in [2.45, 2.75) is 6.42 Å². The first-order valence-corrected chi connectivity index (χ1v) is 6.80. The van der Waals surface area contributed by atoms with Crippen LogP contribution in [-0.2, 0) is 4.79 Å². The van der Waals surface area contributed by atoms with Gasteiger partial charge in [0.1, 0.15) is 10.8 Å². The van der Waals surface area contributed by atoms with E-state index in [1.807, 2.05) is 4.90 Å². The Morgan fingerprint density at radius 3 is 2.75 bits per heavy atom. The van der Waals surface area contributed by atoms with Crippen LogP contribution in [0, 0.1) is 0 Å². The van der Waals surface area contributed by atoms with E-state index in [-0.39, 0.29) is 17.6 Å². The van der Waals surface area contributed by atoms with Gasteiger partial charge in [-0.15, -0.1) is 0 Å². The van der Waals surface area contributed by atoms with Crippen LogP contribution in [-0.4, -0.2) is 64.5 Å². The SMILES string of the molecule is O=C(O)CN1CCCN(C(=O)c2cccc(Cl)n2)CC1. The van der Waals surface area contributed by atoms with Gasteiger partial charge in [-0.2, -0.15) is 0 Å². The first-order valence-electron chi connectivity index (χ1n) is 6.42. The van der Waals surface area contributed by atoms with Crippen LogP contribution in [0.5, 0.6) is 0 Å². The molecule has 2 heterocycles. The molecule has 0 aromatic carbocycles. The number of carbonyl (C=O) groups excluding carboxylic acids is 1. The van der Waals surface area contributed by atoms with Gasteiger partial charge in [-0.05, 0) is 18.6 Å². The molecule has 1 aromatic rings. The van der Waals surface area contributed by atoms with E-state index < -0.39 is 5.97 Å². The zero-order chi connectivity index (χ0) is 14.5. The normalized spacial score (nSPS) is 16.8. The summed E-state index contributed by atoms with van der Waals surface area (Å²) in [5.74, 6) is -1.01. The predicted octanol–water partition coefficient (Wildman–Crippen LogP) is 0.967. The van der Waals surface area contributed by atoms with E-state index in [9.17, 15) is 9.59 Å². The van der Waals surface area contributed by atoms with Gasteiger partial charge in [-0.25, -0.2) is 4.98 Å². The van der Waals surface area contributed by atoms with Gasteiger partial charge in [-0.1, -0.05) is 17.7 Å². The summed E-state index contributed by atoms with van der Waals surface area (Å²) >= 11 is 5.79. The van der Waals surface area contributed by atoms with E-state index >= 15 is 0 Å². The fraction of sp³-hybridized carbons (Fsp3) is 0.462. The molecule has 108 valence electrons. The summed E-state index contributed by atoms with van der Waals surface area (Å²) in [5, 5.41) is 9.08. The summed E-state index contributed by atoms with van der Waals surface area (Å²) in [6, 6.07) is 4.95. The van der Waals surface area contributed by atoms with Crippen molar-refractivity contribution in [3.8, 4) is 0 Å². The van der Waals surface area contributed by atoms with Crippen LogP contribution >= 0.6 is 11.6 Å². The maximum Gasteiger partial charge on any atom is 0.317 e. The molecule has 0 spiro atoms. The number of halogens is 1. The van der Waals surface area contributed by atoms with Crippen LogP contribution in [0.2, 0.25) is 5.15 Å². The minimum Gasteiger partial charge on any atom is -0.480 e. The number of hydrogen-bond donors (Lipinski definition) is 1. The van der Waals surface area contributed by atoms with Crippen LogP contribution in [0.15, 0.2) is 18.2 Å². The molecular weight excluding hydrogens is 282 g/mol. The Labute approximate surface area is 122 Å². The summed E-state index contributed by atoms with van der Waals surface area (Å²) < 4.78 is 0. The second-order valence-electron chi connectivity index (χ2n) is 4.66. The van der Waals surface area contributed by atoms with E-state index in [0.29, 0.717) is 31.9 Å². The molecule has 0 saturated carbocycles. The van der Waals surface area contributed by atoms with E-state index in [4.69, 9.17) is 16.7 Å². The highest BCUT2D eigenvalue weighted by Crippen LogP contribution is 2.10. The monoisotopic (exact) mass is 297 g/mol. The lowest BCUT2D eigenvalue weighted by molar-refractivity contribution is -0.138. The maximum atomic E-state index is 12.3. The number of amides is 1. The van der Waals surface area contributed by atoms with Gasteiger partial charge in [0, 0.05) is 26.2 Å². The smallest absolute Gasteiger partial charge is 0.317 e. The highest BCUT2D eigenvalue weighted by Gasteiger charge is 2.22. The largest absolute Gasteiger partial charge is 0.480 e. The van der Waals surface area contributed by atoms with E-state index in [0.717, 1.165) is 6.42 Å². The lowest BCUT2D eigenvalue weighted by Crippen LogP contribution is -2.37. The van der Waals surface area contributed by atoms with E-state index in [2.05, 4.69) is 4.98 Å². The molecule has 1 aromatic heterocycles. The Bertz CT molecular complexity index is 509. The van der Waals surface area contributed by atoms with Crippen LogP contribution in [0.3, 0.4) is 0 Å². The number of hydrogen-bond acceptors (Lipinski definition) is 4. The van der Waals surface area contributed by atoms with Crippen molar-refractivity contribution < 1.29 is 14.7 Å². The molecule has 1 aliphatic rings. The minimum absolute atomic E-state index is 0.0114. The predicted molar refractivity (Wildman–Crippen MR) is 73.8 cm³/mol. The first kappa shape index (κ1) is 14.7. The van der Waals surface area contributed by atoms with Gasteiger partial charge < -0.3 is 10.0 Å². The van der Waals surface area contributed by atoms with Gasteiger partial charge in [0.2, 0.25) is 0 Å². The summed E-state index contributed by atoms with van der Waals surface area (Å²) in [7, 11) is 0. The molecule has 1 fully saturated rings. The molecular formula is C13H16ClN3O3. The average Bonchev–Trinajstić information content (AvgIpc) is 2.63. The number of rotatable bonds is 3. The Hall–Kier alpha value is -1.66. The number of pyridine rings is 1. The van der Waals surface area contributed by atoms with Gasteiger partial charge in [0.05, 0.1) is 6.54 Å². The van der Waals surface area contributed by atoms with Crippen molar-refractivity contribution in [2.75, 3.05) is 32.7 Å². The van der Waals surface area contributed by atoms with Gasteiger partial charge in [-0.3, -0.25) is 14.5 Å². The lowest BCUT2D eigenvalue weighted by Gasteiger charge is -2.20. The topological polar surface area (TPSA) is 73.7 Å². The van der Waals surface area contributed by atoms with Crippen LogP contribution in [0.1, 0.15) is 16.9 Å². The van der Waals surface area contributed by atoms with Crippen molar-refractivity contribution in [1.82, 2.24) is 14.8 Å². The number of carboxylic acid groups (broad SMARTS) is 1. The molecule has 0 aliphatic carbocycles. The fourth-order valence-electron chi connectivity index (χ4n) is 2.21. The minimum atomic E-state index is -0.846. The molecule has 1 aliphatic heterocycles. The summed E-state index contributed by atoms with van der Waals surface area (Å²) in [4.78, 5) is 30.6. The van der Waals surface area contributed by atoms with Crippen LogP contribution in [0.4, 0.5) is 0 Å². The summed E-state index contributed by atoms with van der Waals surface area (Å²) in [6.45, 7) is 2.35. The molecule has 7 heteroatoms. The lowest BCUT2D eigenvalue weighted by atomic mass is 10.3. The second-order valence-corrected chi connectivity index (χ2v) is 5.05. The first-order chi connectivity index (χ1) is 9.56. The molecule has 0 unspecified atom stereocenters. The van der Waals surface area contributed by atoms with Gasteiger partial charge >= 0.3 is 5.97 Å². The molecule has 2 rings (SSSR count). The molecule has 1 saturated heterocycles. The molecule has 1 N–H and O–H groups in total. The van der Waals surface area contributed by atoms with Crippen molar-refractivity contribution in [1.29, 1.82) is 0 Å². The van der Waals surface area contributed by atoms with Crippen LogP contribution < -0.4 is 0 Å². The Morgan fingerprint density at radius 1 is 1.25 bits per heavy atom. The summed E-state index contributed by atoms with van der Waals surface area (Å²) in [5.41, 5.74) is 0.323. The number of carbonyl (C=O) groups is 2. The quantitative estimate of drug-likeness (QED) is 0.842. The van der Waals surface area contributed by atoms with Crippen molar-refractivity contribution in [2.24, 2.45) is 0 Å². The Kier molecular flexibility index (Phi) is 4.92. The molecule has 0 bridgehead atoms. The molecule has 6 nitrogen and oxygen atoms in total. The highest BCUT2D eigenvalue weighted by molar-refractivity contribution is 6.29. The number of nitrogens with zero attached hydrogens (tertiary/aromatic N) is 3. The zero-order valence-corrected chi connectivity index (χ0v) is 11.7. The molecule has 0 atom stereocenters. The van der Waals surface area contributed by atoms with E-state index in [1.165, 1.54) is 0 Å². The number of aliphatic carboxylic acids is 1.